The van der Waals surface area contributed by atoms with Crippen LogP contribution in [0.15, 0.2) is 4.90 Å². The van der Waals surface area contributed by atoms with Gasteiger partial charge in [-0.15, -0.1) is 0 Å². The zero-order chi connectivity index (χ0) is 13.8. The fourth-order valence-electron chi connectivity index (χ4n) is 1.52. The van der Waals surface area contributed by atoms with Gasteiger partial charge in [-0.05, 0) is 24.4 Å². The molecular formula is C10H19N3O3S2. The van der Waals surface area contributed by atoms with E-state index in [0.29, 0.717) is 17.8 Å². The van der Waals surface area contributed by atoms with Crippen molar-refractivity contribution in [1.82, 2.24) is 4.37 Å². The lowest BCUT2D eigenvalue weighted by atomic mass is 10.2. The molecule has 1 unspecified atom stereocenters. The molecule has 1 aromatic heterocycles. The first-order valence-electron chi connectivity index (χ1n) is 5.81. The van der Waals surface area contributed by atoms with Crippen LogP contribution in [0.3, 0.4) is 0 Å². The molecule has 0 aliphatic rings. The first-order valence-corrected chi connectivity index (χ1v) is 8.24. The van der Waals surface area contributed by atoms with E-state index in [1.165, 1.54) is 0 Å². The van der Waals surface area contributed by atoms with Crippen molar-refractivity contribution in [3.8, 4) is 0 Å². The van der Waals surface area contributed by atoms with Crippen LogP contribution in [0.1, 0.15) is 26.7 Å². The van der Waals surface area contributed by atoms with E-state index >= 15 is 0 Å². The van der Waals surface area contributed by atoms with Crippen LogP contribution in [0, 0.1) is 0 Å². The monoisotopic (exact) mass is 293 g/mol. The summed E-state index contributed by atoms with van der Waals surface area (Å²) in [7, 11) is -3.41. The molecule has 0 aromatic carbocycles. The number of nitrogen functional groups attached to an aromatic ring is 1. The Morgan fingerprint density at radius 3 is 2.67 bits per heavy atom. The molecular weight excluding hydrogens is 274 g/mol. The Morgan fingerprint density at radius 2 is 2.17 bits per heavy atom. The second kappa shape index (κ2) is 6.35. The minimum Gasteiger partial charge on any atom is -0.394 e. The second-order valence-corrected chi connectivity index (χ2v) is 6.80. The van der Waals surface area contributed by atoms with E-state index in [2.05, 4.69) is 9.69 Å². The van der Waals surface area contributed by atoms with Crippen molar-refractivity contribution in [2.45, 2.75) is 37.6 Å². The van der Waals surface area contributed by atoms with Crippen LogP contribution < -0.4 is 11.1 Å². The fraction of sp³-hybridized carbons (Fsp3) is 0.700. The number of nitrogens with two attached hydrogens (primary N) is 1. The smallest absolute Gasteiger partial charge is 0.185 e. The van der Waals surface area contributed by atoms with Crippen LogP contribution in [-0.2, 0) is 9.84 Å². The summed E-state index contributed by atoms with van der Waals surface area (Å²) in [6, 6.07) is -0.194. The van der Waals surface area contributed by atoms with Crippen LogP contribution in [0.4, 0.5) is 10.8 Å². The van der Waals surface area contributed by atoms with Crippen molar-refractivity contribution in [2.75, 3.05) is 23.4 Å². The highest BCUT2D eigenvalue weighted by atomic mass is 32.2. The lowest BCUT2D eigenvalue weighted by molar-refractivity contribution is 0.272. The Kier molecular flexibility index (Phi) is 5.36. The first-order chi connectivity index (χ1) is 8.46. The van der Waals surface area contributed by atoms with E-state index in [0.717, 1.165) is 11.5 Å². The number of nitrogens with zero attached hydrogens (tertiary/aromatic N) is 1. The number of hydrogen-bond donors (Lipinski definition) is 3. The Balaban J connectivity index is 3.09. The number of aliphatic hydroxyl groups excluding tert-OH is 1. The van der Waals surface area contributed by atoms with Gasteiger partial charge in [-0.3, -0.25) is 0 Å². The van der Waals surface area contributed by atoms with E-state index in [4.69, 9.17) is 10.8 Å². The summed E-state index contributed by atoms with van der Waals surface area (Å²) in [5, 5.41) is 12.5. The third kappa shape index (κ3) is 3.33. The highest BCUT2D eigenvalue weighted by molar-refractivity contribution is 7.91. The predicted molar refractivity (Wildman–Crippen MR) is 73.7 cm³/mol. The molecule has 0 aliphatic heterocycles. The van der Waals surface area contributed by atoms with Crippen molar-refractivity contribution >= 4 is 32.2 Å². The van der Waals surface area contributed by atoms with E-state index < -0.39 is 9.84 Å². The summed E-state index contributed by atoms with van der Waals surface area (Å²) in [6.07, 6.45) is 1.20. The van der Waals surface area contributed by atoms with Gasteiger partial charge in [0.1, 0.15) is 9.90 Å². The molecule has 0 spiro atoms. The summed E-state index contributed by atoms with van der Waals surface area (Å²) in [5.74, 6) is 0.0731. The number of aliphatic hydroxyl groups is 1. The van der Waals surface area contributed by atoms with E-state index in [9.17, 15) is 8.42 Å². The molecule has 0 saturated heterocycles. The van der Waals surface area contributed by atoms with Gasteiger partial charge in [0.05, 0.1) is 12.4 Å². The van der Waals surface area contributed by atoms with Gasteiger partial charge in [0.2, 0.25) is 0 Å². The molecule has 1 rings (SSSR count). The Hall–Kier alpha value is -0.860. The minimum atomic E-state index is -3.41. The van der Waals surface area contributed by atoms with Gasteiger partial charge in [-0.1, -0.05) is 13.8 Å². The maximum atomic E-state index is 12.1. The van der Waals surface area contributed by atoms with Crippen molar-refractivity contribution in [1.29, 1.82) is 0 Å². The Morgan fingerprint density at radius 1 is 1.50 bits per heavy atom. The predicted octanol–water partition coefficient (Wildman–Crippen LogP) is 1.09. The maximum Gasteiger partial charge on any atom is 0.185 e. The van der Waals surface area contributed by atoms with Crippen LogP contribution in [0.5, 0.6) is 0 Å². The number of sulfone groups is 1. The molecule has 0 saturated carbocycles. The minimum absolute atomic E-state index is 0.0312. The van der Waals surface area contributed by atoms with Gasteiger partial charge in [0.25, 0.3) is 0 Å². The molecule has 6 nitrogen and oxygen atoms in total. The number of aromatic nitrogens is 1. The average molecular weight is 293 g/mol. The molecule has 8 heteroatoms. The average Bonchev–Trinajstić information content (AvgIpc) is 2.67. The number of nitrogens with one attached hydrogen (secondary N) is 1. The molecule has 0 amide bonds. The molecule has 1 heterocycles. The van der Waals surface area contributed by atoms with Crippen LogP contribution in [0.25, 0.3) is 0 Å². The molecule has 0 bridgehead atoms. The molecule has 0 fully saturated rings. The first kappa shape index (κ1) is 15.2. The topological polar surface area (TPSA) is 105 Å². The third-order valence-electron chi connectivity index (χ3n) is 2.51. The quantitative estimate of drug-likeness (QED) is 0.695. The largest absolute Gasteiger partial charge is 0.394 e. The van der Waals surface area contributed by atoms with Crippen molar-refractivity contribution in [2.24, 2.45) is 0 Å². The molecule has 104 valence electrons. The van der Waals surface area contributed by atoms with Gasteiger partial charge in [-0.2, -0.15) is 4.37 Å². The molecule has 1 atom stereocenters. The maximum absolute atomic E-state index is 12.1. The van der Waals surface area contributed by atoms with Crippen molar-refractivity contribution < 1.29 is 13.5 Å². The van der Waals surface area contributed by atoms with Gasteiger partial charge in [-0.25, -0.2) is 8.42 Å². The van der Waals surface area contributed by atoms with E-state index in [-0.39, 0.29) is 29.1 Å². The van der Waals surface area contributed by atoms with Crippen molar-refractivity contribution in [3.63, 3.8) is 0 Å². The standard InChI is InChI=1S/C10H19N3O3S2/c1-3-5-18(15,16)8-9(11)13-17-10(8)12-7(4-2)6-14/h7,12,14H,3-6H2,1-2H3,(H2,11,13). The molecule has 4 N–H and O–H groups in total. The zero-order valence-electron chi connectivity index (χ0n) is 10.5. The summed E-state index contributed by atoms with van der Waals surface area (Å²) >= 11 is 1.01. The van der Waals surface area contributed by atoms with Gasteiger partial charge >= 0.3 is 0 Å². The molecule has 1 aromatic rings. The zero-order valence-corrected chi connectivity index (χ0v) is 12.1. The van der Waals surface area contributed by atoms with Crippen molar-refractivity contribution in [3.05, 3.63) is 0 Å². The van der Waals surface area contributed by atoms with Gasteiger partial charge in [0, 0.05) is 6.04 Å². The summed E-state index contributed by atoms with van der Waals surface area (Å²) in [6.45, 7) is 3.63. The fourth-order valence-corrected chi connectivity index (χ4v) is 4.21. The van der Waals surface area contributed by atoms with E-state index in [1.807, 2.05) is 6.92 Å². The molecule has 0 aliphatic carbocycles. The Labute approximate surface area is 111 Å². The highest BCUT2D eigenvalue weighted by Crippen LogP contribution is 2.33. The number of anilines is 2. The van der Waals surface area contributed by atoms with Crippen LogP contribution >= 0.6 is 11.5 Å². The molecule has 18 heavy (non-hydrogen) atoms. The second-order valence-electron chi connectivity index (χ2n) is 3.98. The van der Waals surface area contributed by atoms with E-state index in [1.54, 1.807) is 6.92 Å². The number of rotatable bonds is 7. The SMILES string of the molecule is CCCS(=O)(=O)c1c(N)nsc1NC(CC)CO. The summed E-state index contributed by atoms with van der Waals surface area (Å²) in [4.78, 5) is 0.0706. The molecule has 0 radical (unpaired) electrons. The number of hydrogen-bond acceptors (Lipinski definition) is 7. The summed E-state index contributed by atoms with van der Waals surface area (Å²) in [5.41, 5.74) is 5.63. The lowest BCUT2D eigenvalue weighted by Gasteiger charge is -2.14. The van der Waals surface area contributed by atoms with Gasteiger partial charge < -0.3 is 16.2 Å². The lowest BCUT2D eigenvalue weighted by Crippen LogP contribution is -2.23. The van der Waals surface area contributed by atoms with Gasteiger partial charge in [0.15, 0.2) is 15.7 Å². The Bertz CT molecular complexity index is 481. The van der Waals surface area contributed by atoms with Crippen LogP contribution in [-0.4, -0.2) is 36.3 Å². The highest BCUT2D eigenvalue weighted by Gasteiger charge is 2.25. The third-order valence-corrected chi connectivity index (χ3v) is 5.41. The summed E-state index contributed by atoms with van der Waals surface area (Å²) < 4.78 is 28.0. The van der Waals surface area contributed by atoms with Crippen LogP contribution in [0.2, 0.25) is 0 Å². The normalized spacial score (nSPS) is 13.5.